The number of hydrogen-bond acceptors (Lipinski definition) is 5. The summed E-state index contributed by atoms with van der Waals surface area (Å²) in [5.74, 6) is 0.247. The number of anilines is 1. The Hall–Kier alpha value is -1.98. The molecule has 1 fully saturated rings. The van der Waals surface area contributed by atoms with Crippen LogP contribution in [0.5, 0.6) is 0 Å². The molecule has 0 radical (unpaired) electrons. The average molecular weight is 220 g/mol. The molecule has 6 heteroatoms. The van der Waals surface area contributed by atoms with E-state index < -0.39 is 0 Å². The van der Waals surface area contributed by atoms with Crippen LogP contribution in [0.1, 0.15) is 12.8 Å². The lowest BCUT2D eigenvalue weighted by atomic mass is 10.0. The molecule has 2 rings (SSSR count). The van der Waals surface area contributed by atoms with E-state index in [4.69, 9.17) is 0 Å². The molecule has 1 aliphatic rings. The van der Waals surface area contributed by atoms with E-state index in [0.717, 1.165) is 4.90 Å². The largest absolute Gasteiger partial charge is 0.358 e. The molecule has 1 saturated heterocycles. The van der Waals surface area contributed by atoms with Gasteiger partial charge in [-0.25, -0.2) is 9.97 Å². The van der Waals surface area contributed by atoms with Gasteiger partial charge in [-0.3, -0.25) is 14.5 Å². The second kappa shape index (κ2) is 4.26. The number of piperidine rings is 1. The third-order valence-electron chi connectivity index (χ3n) is 2.55. The van der Waals surface area contributed by atoms with Gasteiger partial charge in [0.25, 0.3) is 5.91 Å². The van der Waals surface area contributed by atoms with Gasteiger partial charge in [-0.15, -0.1) is 0 Å². The molecular weight excluding hydrogens is 208 g/mol. The van der Waals surface area contributed by atoms with E-state index in [2.05, 4.69) is 15.3 Å². The summed E-state index contributed by atoms with van der Waals surface area (Å²) in [4.78, 5) is 31.9. The summed E-state index contributed by atoms with van der Waals surface area (Å²) in [6.07, 6.45) is 3.89. The highest BCUT2D eigenvalue weighted by Crippen LogP contribution is 2.15. The van der Waals surface area contributed by atoms with E-state index in [9.17, 15) is 9.59 Å². The predicted octanol–water partition coefficient (Wildman–Crippen LogP) is 0.0359. The van der Waals surface area contributed by atoms with Gasteiger partial charge in [0.05, 0.1) is 0 Å². The minimum Gasteiger partial charge on any atom is -0.358 e. The van der Waals surface area contributed by atoms with Crippen LogP contribution in [-0.2, 0) is 9.59 Å². The topological polar surface area (TPSA) is 75.2 Å². The molecule has 84 valence electrons. The van der Waals surface area contributed by atoms with E-state index in [-0.39, 0.29) is 17.9 Å². The second-order valence-corrected chi connectivity index (χ2v) is 3.62. The number of likely N-dealkylation sites (N-methyl/N-ethyl adjacent to an activating group) is 1. The van der Waals surface area contributed by atoms with Crippen molar-refractivity contribution in [3.63, 3.8) is 0 Å². The lowest BCUT2D eigenvalue weighted by Gasteiger charge is -2.28. The van der Waals surface area contributed by atoms with Crippen LogP contribution in [0, 0.1) is 0 Å². The number of rotatable bonds is 2. The van der Waals surface area contributed by atoms with Gasteiger partial charge < -0.3 is 5.32 Å². The van der Waals surface area contributed by atoms with Crippen molar-refractivity contribution in [1.29, 1.82) is 0 Å². The fourth-order valence-corrected chi connectivity index (χ4v) is 1.60. The SMILES string of the molecule is CN1C(=O)CCC(Nc2ccncn2)C1=O. The van der Waals surface area contributed by atoms with Gasteiger partial charge in [-0.1, -0.05) is 0 Å². The van der Waals surface area contributed by atoms with Crippen molar-refractivity contribution in [3.8, 4) is 0 Å². The second-order valence-electron chi connectivity index (χ2n) is 3.62. The van der Waals surface area contributed by atoms with Crippen LogP contribution in [0.15, 0.2) is 18.6 Å². The maximum Gasteiger partial charge on any atom is 0.251 e. The fraction of sp³-hybridized carbons (Fsp3) is 0.400. The minimum absolute atomic E-state index is 0.134. The van der Waals surface area contributed by atoms with Crippen molar-refractivity contribution in [1.82, 2.24) is 14.9 Å². The van der Waals surface area contributed by atoms with E-state index >= 15 is 0 Å². The Labute approximate surface area is 92.7 Å². The predicted molar refractivity (Wildman–Crippen MR) is 56.5 cm³/mol. The Morgan fingerprint density at radius 2 is 2.31 bits per heavy atom. The minimum atomic E-state index is -0.377. The number of imide groups is 1. The summed E-state index contributed by atoms with van der Waals surface area (Å²) in [7, 11) is 1.50. The number of carbonyl (C=O) groups is 2. The normalized spacial score (nSPS) is 21.1. The van der Waals surface area contributed by atoms with Crippen LogP contribution < -0.4 is 5.32 Å². The summed E-state index contributed by atoms with van der Waals surface area (Å²) in [6.45, 7) is 0. The van der Waals surface area contributed by atoms with Gasteiger partial charge in [0, 0.05) is 19.7 Å². The lowest BCUT2D eigenvalue weighted by molar-refractivity contribution is -0.146. The zero-order valence-electron chi connectivity index (χ0n) is 8.88. The molecule has 1 N–H and O–H groups in total. The Balaban J connectivity index is 2.06. The first-order valence-electron chi connectivity index (χ1n) is 5.01. The molecule has 1 atom stereocenters. The van der Waals surface area contributed by atoms with Crippen LogP contribution in [0.2, 0.25) is 0 Å². The molecule has 0 saturated carbocycles. The number of amides is 2. The van der Waals surface area contributed by atoms with Crippen molar-refractivity contribution in [2.75, 3.05) is 12.4 Å². The first-order chi connectivity index (χ1) is 7.68. The number of aromatic nitrogens is 2. The Kier molecular flexibility index (Phi) is 2.80. The number of carbonyl (C=O) groups excluding carboxylic acids is 2. The molecule has 0 bridgehead atoms. The highest BCUT2D eigenvalue weighted by atomic mass is 16.2. The summed E-state index contributed by atoms with van der Waals surface area (Å²) >= 11 is 0. The summed E-state index contributed by atoms with van der Waals surface area (Å²) in [5.41, 5.74) is 0. The Morgan fingerprint density at radius 1 is 1.50 bits per heavy atom. The molecule has 1 aromatic rings. The smallest absolute Gasteiger partial charge is 0.251 e. The molecular formula is C10H12N4O2. The van der Waals surface area contributed by atoms with E-state index in [0.29, 0.717) is 18.7 Å². The quantitative estimate of drug-likeness (QED) is 0.712. The van der Waals surface area contributed by atoms with Gasteiger partial charge in [0.2, 0.25) is 5.91 Å². The molecule has 6 nitrogen and oxygen atoms in total. The Bertz CT molecular complexity index is 407. The van der Waals surface area contributed by atoms with E-state index in [1.807, 2.05) is 0 Å². The van der Waals surface area contributed by atoms with Crippen molar-refractivity contribution in [2.24, 2.45) is 0 Å². The van der Waals surface area contributed by atoms with Gasteiger partial charge in [-0.05, 0) is 12.5 Å². The third kappa shape index (κ3) is 2.00. The monoisotopic (exact) mass is 220 g/mol. The van der Waals surface area contributed by atoms with Crippen LogP contribution >= 0.6 is 0 Å². The van der Waals surface area contributed by atoms with Gasteiger partial charge in [-0.2, -0.15) is 0 Å². The third-order valence-corrected chi connectivity index (χ3v) is 2.55. The van der Waals surface area contributed by atoms with Gasteiger partial charge >= 0.3 is 0 Å². The number of likely N-dealkylation sites (tertiary alicyclic amines) is 1. The summed E-state index contributed by atoms with van der Waals surface area (Å²) < 4.78 is 0. The summed E-state index contributed by atoms with van der Waals surface area (Å²) in [6, 6.07) is 1.31. The lowest BCUT2D eigenvalue weighted by Crippen LogP contribution is -2.48. The molecule has 2 amide bonds. The summed E-state index contributed by atoms with van der Waals surface area (Å²) in [5, 5.41) is 2.99. The molecule has 2 heterocycles. The average Bonchev–Trinajstić information content (AvgIpc) is 2.31. The fourth-order valence-electron chi connectivity index (χ4n) is 1.60. The molecule has 0 spiro atoms. The van der Waals surface area contributed by atoms with Crippen LogP contribution in [0.3, 0.4) is 0 Å². The molecule has 1 aliphatic heterocycles. The molecule has 1 unspecified atom stereocenters. The van der Waals surface area contributed by atoms with Crippen molar-refractivity contribution in [2.45, 2.75) is 18.9 Å². The molecule has 16 heavy (non-hydrogen) atoms. The van der Waals surface area contributed by atoms with Crippen molar-refractivity contribution < 1.29 is 9.59 Å². The van der Waals surface area contributed by atoms with Crippen molar-refractivity contribution in [3.05, 3.63) is 18.6 Å². The first kappa shape index (κ1) is 10.5. The molecule has 0 aliphatic carbocycles. The number of nitrogens with zero attached hydrogens (tertiary/aromatic N) is 3. The zero-order chi connectivity index (χ0) is 11.5. The van der Waals surface area contributed by atoms with Crippen LogP contribution in [-0.4, -0.2) is 39.8 Å². The number of hydrogen-bond donors (Lipinski definition) is 1. The number of nitrogens with one attached hydrogen (secondary N) is 1. The van der Waals surface area contributed by atoms with E-state index in [1.165, 1.54) is 13.4 Å². The maximum absolute atomic E-state index is 11.7. The maximum atomic E-state index is 11.7. The standard InChI is InChI=1S/C10H12N4O2/c1-14-9(15)3-2-7(10(14)16)13-8-4-5-11-6-12-8/h4-7H,2-3H2,1H3,(H,11,12,13). The van der Waals surface area contributed by atoms with Gasteiger partial charge in [0.1, 0.15) is 18.2 Å². The van der Waals surface area contributed by atoms with E-state index in [1.54, 1.807) is 12.3 Å². The molecule has 0 aromatic carbocycles. The first-order valence-corrected chi connectivity index (χ1v) is 5.01. The molecule has 1 aromatic heterocycles. The van der Waals surface area contributed by atoms with Crippen molar-refractivity contribution >= 4 is 17.6 Å². The van der Waals surface area contributed by atoms with Crippen LogP contribution in [0.25, 0.3) is 0 Å². The van der Waals surface area contributed by atoms with Gasteiger partial charge in [0.15, 0.2) is 0 Å². The highest BCUT2D eigenvalue weighted by Gasteiger charge is 2.31. The van der Waals surface area contributed by atoms with Crippen LogP contribution in [0.4, 0.5) is 5.82 Å². The Morgan fingerprint density at radius 3 is 3.00 bits per heavy atom. The zero-order valence-corrected chi connectivity index (χ0v) is 8.88. The highest BCUT2D eigenvalue weighted by molar-refractivity contribution is 6.01.